The molecule has 3 aromatic carbocycles. The summed E-state index contributed by atoms with van der Waals surface area (Å²) in [5.74, 6) is 0.483. The zero-order valence-corrected chi connectivity index (χ0v) is 23.8. The molecule has 37 heavy (non-hydrogen) atoms. The second-order valence-corrected chi connectivity index (χ2v) is 9.32. The Kier molecular flexibility index (Phi) is 8.33. The fourth-order valence-corrected chi connectivity index (χ4v) is 4.16. The van der Waals surface area contributed by atoms with Crippen LogP contribution in [0.3, 0.4) is 0 Å². The third kappa shape index (κ3) is 5.88. The first-order chi connectivity index (χ1) is 17.5. The van der Waals surface area contributed by atoms with Gasteiger partial charge in [0.25, 0.3) is 0 Å². The molecule has 0 aliphatic heterocycles. The molecule has 187 valence electrons. The van der Waals surface area contributed by atoms with Gasteiger partial charge in [-0.05, 0) is 48.0 Å². The van der Waals surface area contributed by atoms with Crippen LogP contribution in [0.4, 0.5) is 0 Å². The number of pyridine rings is 2. The van der Waals surface area contributed by atoms with E-state index in [0.29, 0.717) is 5.92 Å². The van der Waals surface area contributed by atoms with Gasteiger partial charge in [-0.1, -0.05) is 67.6 Å². The summed E-state index contributed by atoms with van der Waals surface area (Å²) in [5, 5.41) is 2.26. The summed E-state index contributed by atoms with van der Waals surface area (Å²) in [7, 11) is 0. The first-order valence-corrected chi connectivity index (χ1v) is 12.2. The minimum atomic E-state index is 0. The van der Waals surface area contributed by atoms with Gasteiger partial charge in [-0.3, -0.25) is 0 Å². The van der Waals surface area contributed by atoms with E-state index in [-0.39, 0.29) is 20.1 Å². The normalized spacial score (nSPS) is 10.7. The number of rotatable bonds is 3. The Bertz CT molecular complexity index is 1620. The maximum atomic E-state index is 6.20. The summed E-state index contributed by atoms with van der Waals surface area (Å²) in [6, 6.07) is 33.0. The predicted octanol–water partition coefficient (Wildman–Crippen LogP) is 8.73. The Morgan fingerprint density at radius 2 is 1.59 bits per heavy atom. The molecular weight excluding hydrogens is 633 g/mol. The van der Waals surface area contributed by atoms with Crippen molar-refractivity contribution in [3.05, 3.63) is 120 Å². The van der Waals surface area contributed by atoms with Crippen LogP contribution in [0.5, 0.6) is 0 Å². The van der Waals surface area contributed by atoms with Crippen molar-refractivity contribution >= 4 is 21.9 Å². The maximum Gasteiger partial charge on any atom is 0.121 e. The quantitative estimate of drug-likeness (QED) is 0.178. The summed E-state index contributed by atoms with van der Waals surface area (Å²) >= 11 is 0. The average molecular weight is 661 g/mol. The maximum absolute atomic E-state index is 6.20. The van der Waals surface area contributed by atoms with Crippen molar-refractivity contribution in [2.45, 2.75) is 33.6 Å². The summed E-state index contributed by atoms with van der Waals surface area (Å²) in [6.07, 6.45) is 3.62. The molecule has 0 saturated carbocycles. The van der Waals surface area contributed by atoms with Crippen LogP contribution < -0.4 is 0 Å². The smallest absolute Gasteiger partial charge is 0.121 e. The van der Waals surface area contributed by atoms with Gasteiger partial charge >= 0.3 is 0 Å². The van der Waals surface area contributed by atoms with Gasteiger partial charge in [0, 0.05) is 37.9 Å². The minimum Gasteiger partial charge on any atom is -0.501 e. The number of aryl methyl sites for hydroxylation is 2. The molecule has 0 unspecified atom stereocenters. The molecule has 0 spiro atoms. The fraction of sp³-hybridized carbons (Fsp3) is 0.152. The van der Waals surface area contributed by atoms with E-state index < -0.39 is 0 Å². The van der Waals surface area contributed by atoms with E-state index in [9.17, 15) is 0 Å². The number of aromatic nitrogens is 2. The largest absolute Gasteiger partial charge is 0.501 e. The van der Waals surface area contributed by atoms with Gasteiger partial charge < -0.3 is 14.4 Å². The summed E-state index contributed by atoms with van der Waals surface area (Å²) in [6.45, 7) is 8.51. The second-order valence-electron chi connectivity index (χ2n) is 9.32. The molecule has 3 heterocycles. The van der Waals surface area contributed by atoms with Crippen molar-refractivity contribution in [1.82, 2.24) is 9.97 Å². The van der Waals surface area contributed by atoms with Gasteiger partial charge in [0.1, 0.15) is 5.58 Å². The van der Waals surface area contributed by atoms with Crippen molar-refractivity contribution in [2.24, 2.45) is 0 Å². The standard InChI is InChI=1S/C21H18NO.C12H10N.Ir/c1-13(2)15-7-8-16-17-5-4-6-18(21(17)23-20(16)12-15)19-11-14(3)9-10-22-19;1-10-5-7-11(8-6-10)12-4-2-3-9-13-12;/h4-5,7-13H,1-3H3;2-7,9H,1H3;/q2*-1;. The van der Waals surface area contributed by atoms with E-state index in [0.717, 1.165) is 44.5 Å². The van der Waals surface area contributed by atoms with Gasteiger partial charge in [0.2, 0.25) is 0 Å². The summed E-state index contributed by atoms with van der Waals surface area (Å²) in [4.78, 5) is 8.73. The van der Waals surface area contributed by atoms with E-state index in [1.807, 2.05) is 48.7 Å². The minimum absolute atomic E-state index is 0. The number of nitrogens with zero attached hydrogens (tertiary/aromatic N) is 2. The van der Waals surface area contributed by atoms with E-state index in [4.69, 9.17) is 4.42 Å². The number of furan rings is 1. The Balaban J connectivity index is 0.000000195. The first kappa shape index (κ1) is 26.5. The van der Waals surface area contributed by atoms with Crippen molar-refractivity contribution in [1.29, 1.82) is 0 Å². The van der Waals surface area contributed by atoms with Crippen molar-refractivity contribution in [3.63, 3.8) is 0 Å². The summed E-state index contributed by atoms with van der Waals surface area (Å²) < 4.78 is 6.20. The Morgan fingerprint density at radius 1 is 0.757 bits per heavy atom. The molecule has 0 N–H and O–H groups in total. The predicted molar refractivity (Wildman–Crippen MR) is 148 cm³/mol. The molecule has 0 aliphatic carbocycles. The number of fused-ring (bicyclic) bond motifs is 3. The van der Waals surface area contributed by atoms with Crippen LogP contribution in [0.25, 0.3) is 44.5 Å². The van der Waals surface area contributed by atoms with Crippen molar-refractivity contribution < 1.29 is 24.5 Å². The van der Waals surface area contributed by atoms with Crippen molar-refractivity contribution in [2.75, 3.05) is 0 Å². The van der Waals surface area contributed by atoms with Gasteiger partial charge in [-0.2, -0.15) is 0 Å². The molecule has 6 aromatic rings. The Hall–Kier alpha value is -3.59. The van der Waals surface area contributed by atoms with E-state index in [2.05, 4.69) is 86.2 Å². The Labute approximate surface area is 232 Å². The second kappa shape index (κ2) is 11.6. The molecule has 6 rings (SSSR count). The molecule has 1 radical (unpaired) electrons. The molecule has 0 bridgehead atoms. The van der Waals surface area contributed by atoms with Crippen LogP contribution in [0.15, 0.2) is 95.7 Å². The zero-order chi connectivity index (χ0) is 25.1. The zero-order valence-electron chi connectivity index (χ0n) is 21.4. The van der Waals surface area contributed by atoms with Gasteiger partial charge in [0.05, 0.1) is 5.58 Å². The van der Waals surface area contributed by atoms with Crippen molar-refractivity contribution in [3.8, 4) is 22.5 Å². The molecule has 3 nitrogen and oxygen atoms in total. The topological polar surface area (TPSA) is 38.9 Å². The van der Waals surface area contributed by atoms with E-state index in [1.54, 1.807) is 6.20 Å². The molecule has 0 saturated heterocycles. The summed E-state index contributed by atoms with van der Waals surface area (Å²) in [5.41, 5.74) is 9.33. The fourth-order valence-electron chi connectivity index (χ4n) is 4.16. The van der Waals surface area contributed by atoms with Gasteiger partial charge in [-0.25, -0.2) is 0 Å². The van der Waals surface area contributed by atoms with Crippen LogP contribution in [-0.4, -0.2) is 9.97 Å². The molecule has 3 aromatic heterocycles. The molecular formula is C33H28IrN2O-2. The molecule has 4 heteroatoms. The number of hydrogen-bond acceptors (Lipinski definition) is 3. The number of hydrogen-bond donors (Lipinski definition) is 0. The van der Waals surface area contributed by atoms with E-state index >= 15 is 0 Å². The van der Waals surface area contributed by atoms with Crippen LogP contribution in [0, 0.1) is 26.0 Å². The third-order valence-corrected chi connectivity index (χ3v) is 6.20. The van der Waals surface area contributed by atoms with E-state index in [1.165, 1.54) is 16.7 Å². The van der Waals surface area contributed by atoms with Crippen LogP contribution in [0.1, 0.15) is 36.5 Å². The van der Waals surface area contributed by atoms with Gasteiger partial charge in [0.15, 0.2) is 0 Å². The molecule has 0 fully saturated rings. The van der Waals surface area contributed by atoms with Gasteiger partial charge in [-0.15, -0.1) is 53.6 Å². The van der Waals surface area contributed by atoms with Crippen LogP contribution >= 0.6 is 0 Å². The Morgan fingerprint density at radius 3 is 2.30 bits per heavy atom. The first-order valence-electron chi connectivity index (χ1n) is 12.2. The van der Waals surface area contributed by atoms with Crippen LogP contribution in [0.2, 0.25) is 0 Å². The monoisotopic (exact) mass is 661 g/mol. The average Bonchev–Trinajstić information content (AvgIpc) is 3.28. The van der Waals surface area contributed by atoms with Crippen LogP contribution in [-0.2, 0) is 20.1 Å². The molecule has 0 atom stereocenters. The number of benzene rings is 3. The molecule has 0 aliphatic rings. The SMILES string of the molecule is Cc1c[c-]c(-c2ccccn2)cc1.Cc1ccnc(-c2[c-]ccc3c2oc2cc(C(C)C)ccc23)c1.[Ir]. The molecule has 0 amide bonds. The third-order valence-electron chi connectivity index (χ3n) is 6.20.